The number of rotatable bonds is 6. The largest absolute Gasteiger partial charge is 0.491 e. The van der Waals surface area contributed by atoms with Crippen LogP contribution >= 0.6 is 22.9 Å². The molecule has 0 saturated carbocycles. The van der Waals surface area contributed by atoms with Crippen LogP contribution in [0.25, 0.3) is 10.2 Å². The van der Waals surface area contributed by atoms with Crippen molar-refractivity contribution in [3.63, 3.8) is 0 Å². The van der Waals surface area contributed by atoms with Gasteiger partial charge in [-0.1, -0.05) is 29.0 Å². The number of hydrogen-bond acceptors (Lipinski definition) is 5. The molecule has 1 amide bonds. The number of anilines is 1. The molecule has 5 nitrogen and oxygen atoms in total. The highest BCUT2D eigenvalue weighted by atomic mass is 35.5. The fourth-order valence-corrected chi connectivity index (χ4v) is 4.64. The number of carbonyl (C=O) groups excluding carboxylic acids is 1. The van der Waals surface area contributed by atoms with Crippen molar-refractivity contribution in [3.8, 4) is 5.75 Å². The van der Waals surface area contributed by atoms with E-state index in [2.05, 4.69) is 4.98 Å². The molecule has 0 spiro atoms. The molecule has 0 N–H and O–H groups in total. The Kier molecular flexibility index (Phi) is 6.04. The number of thiazole rings is 1. The van der Waals surface area contributed by atoms with E-state index in [9.17, 15) is 4.79 Å². The third-order valence-corrected chi connectivity index (χ3v) is 6.07. The van der Waals surface area contributed by atoms with Crippen LogP contribution in [0.3, 0.4) is 0 Å². The van der Waals surface area contributed by atoms with Crippen LogP contribution in [0, 0.1) is 0 Å². The second kappa shape index (κ2) is 8.69. The Morgan fingerprint density at radius 2 is 2.10 bits per heavy atom. The molecule has 0 radical (unpaired) electrons. The lowest BCUT2D eigenvalue weighted by molar-refractivity contribution is 0.0917. The number of carbonyl (C=O) groups is 1. The number of hydrogen-bond donors (Lipinski definition) is 0. The van der Waals surface area contributed by atoms with Gasteiger partial charge in [-0.15, -0.1) is 0 Å². The van der Waals surface area contributed by atoms with Gasteiger partial charge in [-0.2, -0.15) is 0 Å². The van der Waals surface area contributed by atoms with Gasteiger partial charge in [0, 0.05) is 12.2 Å². The number of nitrogens with zero attached hydrogens (tertiary/aromatic N) is 2. The molecule has 2 heterocycles. The number of benzene rings is 2. The molecule has 4 rings (SSSR count). The van der Waals surface area contributed by atoms with Crippen molar-refractivity contribution in [2.45, 2.75) is 38.9 Å². The van der Waals surface area contributed by atoms with Crippen LogP contribution in [0.15, 0.2) is 42.5 Å². The minimum atomic E-state index is -0.105. The summed E-state index contributed by atoms with van der Waals surface area (Å²) in [5.74, 6) is 0.640. The monoisotopic (exact) mass is 430 g/mol. The van der Waals surface area contributed by atoms with E-state index in [1.807, 2.05) is 44.2 Å². The molecule has 1 aliphatic heterocycles. The van der Waals surface area contributed by atoms with Gasteiger partial charge >= 0.3 is 0 Å². The lowest BCUT2D eigenvalue weighted by atomic mass is 10.1. The molecular weight excluding hydrogens is 408 g/mol. The van der Waals surface area contributed by atoms with Gasteiger partial charge in [-0.25, -0.2) is 4.98 Å². The first-order chi connectivity index (χ1) is 14.0. The molecule has 2 aromatic carbocycles. The van der Waals surface area contributed by atoms with Crippen LogP contribution < -0.4 is 9.64 Å². The average Bonchev–Trinajstić information content (AvgIpc) is 3.36. The number of ether oxygens (including phenoxy) is 2. The van der Waals surface area contributed by atoms with E-state index >= 15 is 0 Å². The van der Waals surface area contributed by atoms with E-state index in [-0.39, 0.29) is 18.1 Å². The van der Waals surface area contributed by atoms with Crippen molar-refractivity contribution in [1.82, 2.24) is 4.98 Å². The molecule has 0 aliphatic carbocycles. The highest BCUT2D eigenvalue weighted by Gasteiger charge is 2.27. The van der Waals surface area contributed by atoms with Gasteiger partial charge in [0.15, 0.2) is 5.13 Å². The first kappa shape index (κ1) is 20.1. The number of para-hydroxylation sites is 1. The quantitative estimate of drug-likeness (QED) is 0.513. The zero-order valence-electron chi connectivity index (χ0n) is 16.4. The minimum absolute atomic E-state index is 0.0185. The molecule has 1 saturated heterocycles. The van der Waals surface area contributed by atoms with E-state index in [1.54, 1.807) is 17.0 Å². The second-order valence-corrected chi connectivity index (χ2v) is 8.74. The predicted octanol–water partition coefficient (Wildman–Crippen LogP) is 5.56. The van der Waals surface area contributed by atoms with Gasteiger partial charge in [0.25, 0.3) is 5.91 Å². The van der Waals surface area contributed by atoms with Gasteiger partial charge in [0.05, 0.1) is 28.5 Å². The lowest BCUT2D eigenvalue weighted by Crippen LogP contribution is -2.37. The fraction of sp³-hybridized carbons (Fsp3) is 0.364. The van der Waals surface area contributed by atoms with Gasteiger partial charge in [0.1, 0.15) is 11.3 Å². The van der Waals surface area contributed by atoms with Gasteiger partial charge in [-0.05, 0) is 63.1 Å². The van der Waals surface area contributed by atoms with E-state index in [1.165, 1.54) is 11.3 Å². The Morgan fingerprint density at radius 3 is 2.76 bits per heavy atom. The topological polar surface area (TPSA) is 51.7 Å². The number of amides is 1. The van der Waals surface area contributed by atoms with Crippen molar-refractivity contribution in [2.75, 3.05) is 18.1 Å². The summed E-state index contributed by atoms with van der Waals surface area (Å²) in [7, 11) is 0. The fourth-order valence-electron chi connectivity index (χ4n) is 3.36. The third-order valence-electron chi connectivity index (χ3n) is 4.72. The number of halogens is 1. The van der Waals surface area contributed by atoms with Crippen molar-refractivity contribution in [3.05, 3.63) is 53.1 Å². The molecule has 1 aliphatic rings. The maximum atomic E-state index is 13.4. The molecule has 1 unspecified atom stereocenters. The van der Waals surface area contributed by atoms with Gasteiger partial charge in [0.2, 0.25) is 0 Å². The first-order valence-corrected chi connectivity index (χ1v) is 11.0. The highest BCUT2D eigenvalue weighted by Crippen LogP contribution is 2.34. The Hall–Kier alpha value is -2.15. The van der Waals surface area contributed by atoms with Crippen molar-refractivity contribution in [2.24, 2.45) is 0 Å². The molecule has 3 aromatic rings. The molecule has 152 valence electrons. The summed E-state index contributed by atoms with van der Waals surface area (Å²) in [5, 5.41) is 1.22. The smallest absolute Gasteiger partial charge is 0.260 e. The molecule has 1 aromatic heterocycles. The predicted molar refractivity (Wildman–Crippen MR) is 117 cm³/mol. The van der Waals surface area contributed by atoms with E-state index in [0.29, 0.717) is 22.3 Å². The molecule has 1 fully saturated rings. The zero-order valence-corrected chi connectivity index (χ0v) is 18.0. The zero-order chi connectivity index (χ0) is 20.4. The highest BCUT2D eigenvalue weighted by molar-refractivity contribution is 7.22. The Balaban J connectivity index is 1.65. The van der Waals surface area contributed by atoms with Crippen molar-refractivity contribution in [1.29, 1.82) is 0 Å². The summed E-state index contributed by atoms with van der Waals surface area (Å²) in [6.07, 6.45) is 2.06. The summed E-state index contributed by atoms with van der Waals surface area (Å²) < 4.78 is 12.4. The van der Waals surface area contributed by atoms with Gasteiger partial charge < -0.3 is 9.47 Å². The van der Waals surface area contributed by atoms with Crippen molar-refractivity contribution < 1.29 is 14.3 Å². The Labute approximate surface area is 179 Å². The van der Waals surface area contributed by atoms with Crippen LogP contribution in [-0.2, 0) is 4.74 Å². The molecule has 7 heteroatoms. The Bertz CT molecular complexity index is 997. The number of aromatic nitrogens is 1. The maximum Gasteiger partial charge on any atom is 0.260 e. The standard InChI is InChI=1S/C22H23ClN2O3S/c1-14(2)28-16-10-8-15(9-11-16)21(26)25(13-17-5-4-12-27-17)22-24-20-18(23)6-3-7-19(20)29-22/h3,6-11,14,17H,4-5,12-13H2,1-2H3. The second-order valence-electron chi connectivity index (χ2n) is 7.32. The summed E-state index contributed by atoms with van der Waals surface area (Å²) in [5.41, 5.74) is 1.31. The average molecular weight is 431 g/mol. The first-order valence-electron chi connectivity index (χ1n) is 9.76. The summed E-state index contributed by atoms with van der Waals surface area (Å²) in [6.45, 7) is 5.15. The van der Waals surface area contributed by atoms with Gasteiger partial charge in [-0.3, -0.25) is 9.69 Å². The maximum absolute atomic E-state index is 13.4. The molecule has 0 bridgehead atoms. The summed E-state index contributed by atoms with van der Waals surface area (Å²) in [4.78, 5) is 19.8. The minimum Gasteiger partial charge on any atom is -0.491 e. The summed E-state index contributed by atoms with van der Waals surface area (Å²) in [6, 6.07) is 12.9. The summed E-state index contributed by atoms with van der Waals surface area (Å²) >= 11 is 7.77. The third kappa shape index (κ3) is 4.55. The molecular formula is C22H23ClN2O3S. The van der Waals surface area contributed by atoms with Crippen LogP contribution in [0.5, 0.6) is 5.75 Å². The lowest BCUT2D eigenvalue weighted by Gasteiger charge is -2.23. The molecule has 29 heavy (non-hydrogen) atoms. The van der Waals surface area contributed by atoms with E-state index in [0.717, 1.165) is 35.4 Å². The van der Waals surface area contributed by atoms with Crippen molar-refractivity contribution >= 4 is 44.2 Å². The SMILES string of the molecule is CC(C)Oc1ccc(C(=O)N(CC2CCCO2)c2nc3c(Cl)cccc3s2)cc1. The van der Waals surface area contributed by atoms with E-state index < -0.39 is 0 Å². The van der Waals surface area contributed by atoms with Crippen LogP contribution in [0.1, 0.15) is 37.0 Å². The van der Waals surface area contributed by atoms with Crippen LogP contribution in [0.2, 0.25) is 5.02 Å². The molecule has 1 atom stereocenters. The van der Waals surface area contributed by atoms with Crippen LogP contribution in [-0.4, -0.2) is 36.3 Å². The van der Waals surface area contributed by atoms with Crippen LogP contribution in [0.4, 0.5) is 5.13 Å². The number of fused-ring (bicyclic) bond motifs is 1. The van der Waals surface area contributed by atoms with E-state index in [4.69, 9.17) is 21.1 Å². The Morgan fingerprint density at radius 1 is 1.31 bits per heavy atom. The normalized spacial score (nSPS) is 16.5.